The number of nitrogens with zero attached hydrogens (tertiary/aromatic N) is 1. The van der Waals surface area contributed by atoms with Crippen molar-refractivity contribution in [3.05, 3.63) is 12.7 Å². The SMILES string of the molecule is C=CCCCN1C(=O)CC[C@H]1C#CCCl. The molecule has 82 valence electrons. The Kier molecular flexibility index (Phi) is 5.28. The predicted octanol–water partition coefficient (Wildman–Crippen LogP) is 2.19. The van der Waals surface area contributed by atoms with Crippen molar-refractivity contribution in [3.8, 4) is 11.8 Å². The van der Waals surface area contributed by atoms with Crippen molar-refractivity contribution in [2.45, 2.75) is 31.7 Å². The van der Waals surface area contributed by atoms with E-state index in [9.17, 15) is 4.79 Å². The number of allylic oxidation sites excluding steroid dienone is 1. The minimum absolute atomic E-state index is 0.0843. The number of hydrogen-bond acceptors (Lipinski definition) is 1. The molecule has 0 unspecified atom stereocenters. The van der Waals surface area contributed by atoms with E-state index in [-0.39, 0.29) is 11.9 Å². The van der Waals surface area contributed by atoms with Crippen molar-refractivity contribution in [3.63, 3.8) is 0 Å². The number of carbonyl (C=O) groups excluding carboxylic acids is 1. The first-order valence-electron chi connectivity index (χ1n) is 5.24. The van der Waals surface area contributed by atoms with Crippen LogP contribution in [0.25, 0.3) is 0 Å². The number of unbranched alkanes of at least 4 members (excludes halogenated alkanes) is 1. The summed E-state index contributed by atoms with van der Waals surface area (Å²) in [7, 11) is 0. The fraction of sp³-hybridized carbons (Fsp3) is 0.583. The third-order valence-electron chi connectivity index (χ3n) is 2.47. The zero-order chi connectivity index (χ0) is 11.1. The largest absolute Gasteiger partial charge is 0.329 e. The Morgan fingerprint density at radius 3 is 3.13 bits per heavy atom. The van der Waals surface area contributed by atoms with Crippen LogP contribution in [0.4, 0.5) is 0 Å². The Balaban J connectivity index is 2.48. The number of amides is 1. The third-order valence-corrected chi connectivity index (χ3v) is 2.60. The van der Waals surface area contributed by atoms with Gasteiger partial charge in [0.25, 0.3) is 0 Å². The highest BCUT2D eigenvalue weighted by atomic mass is 35.5. The summed E-state index contributed by atoms with van der Waals surface area (Å²) in [6.45, 7) is 4.45. The Labute approximate surface area is 96.3 Å². The van der Waals surface area contributed by atoms with Gasteiger partial charge in [-0.1, -0.05) is 17.9 Å². The maximum Gasteiger partial charge on any atom is 0.223 e. The molecule has 3 heteroatoms. The maximum atomic E-state index is 11.5. The Morgan fingerprint density at radius 2 is 2.47 bits per heavy atom. The van der Waals surface area contributed by atoms with Gasteiger partial charge in [0, 0.05) is 13.0 Å². The number of likely N-dealkylation sites (tertiary alicyclic amines) is 1. The minimum Gasteiger partial charge on any atom is -0.329 e. The molecule has 1 amide bonds. The smallest absolute Gasteiger partial charge is 0.223 e. The van der Waals surface area contributed by atoms with E-state index in [4.69, 9.17) is 11.6 Å². The summed E-state index contributed by atoms with van der Waals surface area (Å²) in [5.74, 6) is 6.42. The summed E-state index contributed by atoms with van der Waals surface area (Å²) in [6, 6.07) is 0.0843. The fourth-order valence-corrected chi connectivity index (χ4v) is 1.80. The van der Waals surface area contributed by atoms with E-state index in [0.717, 1.165) is 25.8 Å². The van der Waals surface area contributed by atoms with Crippen molar-refractivity contribution in [2.75, 3.05) is 12.4 Å². The van der Waals surface area contributed by atoms with Gasteiger partial charge in [0.2, 0.25) is 5.91 Å². The van der Waals surface area contributed by atoms with Crippen molar-refractivity contribution < 1.29 is 4.79 Å². The monoisotopic (exact) mass is 225 g/mol. The second kappa shape index (κ2) is 6.53. The van der Waals surface area contributed by atoms with Crippen LogP contribution in [0.3, 0.4) is 0 Å². The first-order chi connectivity index (χ1) is 7.29. The predicted molar refractivity (Wildman–Crippen MR) is 62.7 cm³/mol. The first kappa shape index (κ1) is 12.1. The first-order valence-corrected chi connectivity index (χ1v) is 5.77. The third kappa shape index (κ3) is 3.60. The molecule has 1 aliphatic rings. The van der Waals surface area contributed by atoms with E-state index >= 15 is 0 Å². The van der Waals surface area contributed by atoms with Gasteiger partial charge in [-0.2, -0.15) is 0 Å². The van der Waals surface area contributed by atoms with Crippen LogP contribution in [0.5, 0.6) is 0 Å². The molecule has 0 aromatic heterocycles. The van der Waals surface area contributed by atoms with Gasteiger partial charge >= 0.3 is 0 Å². The quantitative estimate of drug-likeness (QED) is 0.311. The summed E-state index contributed by atoms with van der Waals surface area (Å²) in [5, 5.41) is 0. The molecule has 0 radical (unpaired) electrons. The summed E-state index contributed by atoms with van der Waals surface area (Å²) >= 11 is 5.50. The molecule has 0 aliphatic carbocycles. The molecule has 1 saturated heterocycles. The van der Waals surface area contributed by atoms with Crippen LogP contribution in [-0.2, 0) is 4.79 Å². The number of halogens is 1. The van der Waals surface area contributed by atoms with Crippen molar-refractivity contribution in [1.82, 2.24) is 4.90 Å². The Morgan fingerprint density at radius 1 is 1.67 bits per heavy atom. The number of hydrogen-bond donors (Lipinski definition) is 0. The summed E-state index contributed by atoms with van der Waals surface area (Å²) < 4.78 is 0. The Bertz CT molecular complexity index is 290. The molecule has 1 rings (SSSR count). The summed E-state index contributed by atoms with van der Waals surface area (Å²) in [4.78, 5) is 13.4. The number of carbonyl (C=O) groups is 1. The molecular weight excluding hydrogens is 210 g/mol. The zero-order valence-electron chi connectivity index (χ0n) is 8.84. The van der Waals surface area contributed by atoms with Gasteiger partial charge in [0.1, 0.15) is 0 Å². The van der Waals surface area contributed by atoms with Gasteiger partial charge in [-0.25, -0.2) is 0 Å². The average Bonchev–Trinajstić information content (AvgIpc) is 2.58. The van der Waals surface area contributed by atoms with Crippen LogP contribution in [0, 0.1) is 11.8 Å². The van der Waals surface area contributed by atoms with E-state index in [1.807, 2.05) is 11.0 Å². The van der Waals surface area contributed by atoms with E-state index in [0.29, 0.717) is 12.3 Å². The molecule has 0 aromatic carbocycles. The van der Waals surface area contributed by atoms with Crippen molar-refractivity contribution >= 4 is 17.5 Å². The van der Waals surface area contributed by atoms with Crippen LogP contribution in [0.15, 0.2) is 12.7 Å². The van der Waals surface area contributed by atoms with Crippen LogP contribution in [0.1, 0.15) is 25.7 Å². The Hall–Kier alpha value is -0.940. The molecule has 0 aromatic rings. The van der Waals surface area contributed by atoms with Crippen LogP contribution < -0.4 is 0 Å². The zero-order valence-corrected chi connectivity index (χ0v) is 9.59. The lowest BCUT2D eigenvalue weighted by Crippen LogP contribution is -2.32. The lowest BCUT2D eigenvalue weighted by molar-refractivity contribution is -0.128. The van der Waals surface area contributed by atoms with E-state index in [2.05, 4.69) is 18.4 Å². The van der Waals surface area contributed by atoms with Gasteiger partial charge < -0.3 is 4.90 Å². The maximum absolute atomic E-state index is 11.5. The van der Waals surface area contributed by atoms with Crippen molar-refractivity contribution in [1.29, 1.82) is 0 Å². The number of rotatable bonds is 4. The lowest BCUT2D eigenvalue weighted by atomic mass is 10.2. The van der Waals surface area contributed by atoms with Crippen LogP contribution in [0.2, 0.25) is 0 Å². The van der Waals surface area contributed by atoms with Gasteiger partial charge in [0.05, 0.1) is 11.9 Å². The molecule has 0 bridgehead atoms. The topological polar surface area (TPSA) is 20.3 Å². The summed E-state index contributed by atoms with van der Waals surface area (Å²) in [5.41, 5.74) is 0. The average molecular weight is 226 g/mol. The molecule has 1 heterocycles. The summed E-state index contributed by atoms with van der Waals surface area (Å²) in [6.07, 6.45) is 5.25. The highest BCUT2D eigenvalue weighted by Crippen LogP contribution is 2.18. The van der Waals surface area contributed by atoms with Crippen LogP contribution in [-0.4, -0.2) is 29.3 Å². The van der Waals surface area contributed by atoms with Gasteiger partial charge in [0.15, 0.2) is 0 Å². The molecule has 0 saturated carbocycles. The van der Waals surface area contributed by atoms with Gasteiger partial charge in [-0.05, 0) is 19.3 Å². The van der Waals surface area contributed by atoms with Crippen LogP contribution >= 0.6 is 11.6 Å². The standard InChI is InChI=1S/C12H16ClNO/c1-2-3-4-10-14-11(6-5-9-13)7-8-12(14)15/h2,11H,1,3-4,7-10H2/t11-/m1/s1. The van der Waals surface area contributed by atoms with E-state index in [1.54, 1.807) is 0 Å². The molecule has 2 nitrogen and oxygen atoms in total. The molecule has 0 N–H and O–H groups in total. The molecule has 1 fully saturated rings. The van der Waals surface area contributed by atoms with Gasteiger partial charge in [-0.15, -0.1) is 18.2 Å². The van der Waals surface area contributed by atoms with Crippen molar-refractivity contribution in [2.24, 2.45) is 0 Å². The van der Waals surface area contributed by atoms with E-state index in [1.165, 1.54) is 0 Å². The highest BCUT2D eigenvalue weighted by Gasteiger charge is 2.28. The van der Waals surface area contributed by atoms with Gasteiger partial charge in [-0.3, -0.25) is 4.79 Å². The minimum atomic E-state index is 0.0843. The second-order valence-electron chi connectivity index (χ2n) is 3.53. The lowest BCUT2D eigenvalue weighted by Gasteiger charge is -2.20. The van der Waals surface area contributed by atoms with E-state index < -0.39 is 0 Å². The molecule has 1 atom stereocenters. The molecule has 0 spiro atoms. The molecule has 15 heavy (non-hydrogen) atoms. The molecule has 1 aliphatic heterocycles. The second-order valence-corrected chi connectivity index (χ2v) is 3.79. The molecular formula is C12H16ClNO. The highest BCUT2D eigenvalue weighted by molar-refractivity contribution is 6.19. The fourth-order valence-electron chi connectivity index (χ4n) is 1.73. The number of alkyl halides is 1. The normalized spacial score (nSPS) is 19.9.